The monoisotopic (exact) mass is 426 g/mol. The third-order valence-corrected chi connectivity index (χ3v) is 5.42. The van der Waals surface area contributed by atoms with E-state index in [0.29, 0.717) is 32.2 Å². The Hall–Kier alpha value is -2.36. The summed E-state index contributed by atoms with van der Waals surface area (Å²) in [6.07, 6.45) is 1.21. The number of amides is 3. The molecule has 1 fully saturated rings. The van der Waals surface area contributed by atoms with Gasteiger partial charge in [-0.15, -0.1) is 0 Å². The minimum Gasteiger partial charge on any atom is -0.371 e. The van der Waals surface area contributed by atoms with Gasteiger partial charge in [0, 0.05) is 13.5 Å². The fourth-order valence-corrected chi connectivity index (χ4v) is 3.56. The van der Waals surface area contributed by atoms with Crippen LogP contribution in [0.15, 0.2) is 0 Å². The smallest absolute Gasteiger partial charge is 0.243 e. The summed E-state index contributed by atoms with van der Waals surface area (Å²) in [7, 11) is 0. The molecule has 0 aromatic carbocycles. The van der Waals surface area contributed by atoms with Gasteiger partial charge in [0.15, 0.2) is 5.96 Å². The lowest BCUT2D eigenvalue weighted by Gasteiger charge is -2.39. The summed E-state index contributed by atoms with van der Waals surface area (Å²) in [5.74, 6) is -1.34. The number of hydrogen-bond donors (Lipinski definition) is 6. The summed E-state index contributed by atoms with van der Waals surface area (Å²) < 4.78 is 0. The Morgan fingerprint density at radius 3 is 2.33 bits per heavy atom. The second kappa shape index (κ2) is 11.7. The van der Waals surface area contributed by atoms with Gasteiger partial charge in [0.1, 0.15) is 18.3 Å². The molecule has 172 valence electrons. The van der Waals surface area contributed by atoms with Gasteiger partial charge in [-0.05, 0) is 31.1 Å². The molecule has 0 aliphatic carbocycles. The Bertz CT molecular complexity index is 626. The zero-order chi connectivity index (χ0) is 23.0. The zero-order valence-corrected chi connectivity index (χ0v) is 18.7. The first kappa shape index (κ1) is 25.7. The quantitative estimate of drug-likeness (QED) is 0.222. The molecule has 1 aliphatic heterocycles. The van der Waals surface area contributed by atoms with Crippen molar-refractivity contribution in [3.8, 4) is 0 Å². The summed E-state index contributed by atoms with van der Waals surface area (Å²) in [6, 6.07) is -2.14. The van der Waals surface area contributed by atoms with E-state index in [1.807, 2.05) is 27.7 Å². The van der Waals surface area contributed by atoms with Crippen LogP contribution in [-0.2, 0) is 14.4 Å². The van der Waals surface area contributed by atoms with E-state index in [-0.39, 0.29) is 23.7 Å². The molecular formula is C20H38N6O4. The number of hydrogen-bond acceptors (Lipinski definition) is 5. The first-order valence-electron chi connectivity index (χ1n) is 10.6. The number of aliphatic hydroxyl groups is 1. The van der Waals surface area contributed by atoms with Crippen LogP contribution in [0.4, 0.5) is 0 Å². The molecule has 0 aromatic heterocycles. The number of nitrogens with two attached hydrogens (primary N) is 1. The summed E-state index contributed by atoms with van der Waals surface area (Å²) in [4.78, 5) is 38.7. The summed E-state index contributed by atoms with van der Waals surface area (Å²) >= 11 is 0. The molecule has 3 amide bonds. The first-order valence-corrected chi connectivity index (χ1v) is 10.6. The Morgan fingerprint density at radius 2 is 1.83 bits per heavy atom. The Kier molecular flexibility index (Phi) is 10.0. The van der Waals surface area contributed by atoms with Crippen molar-refractivity contribution in [3.63, 3.8) is 0 Å². The number of carbonyl (C=O) groups is 3. The lowest BCUT2D eigenvalue weighted by atomic mass is 9.96. The van der Waals surface area contributed by atoms with Crippen LogP contribution in [0.3, 0.4) is 0 Å². The second-order valence-corrected chi connectivity index (χ2v) is 8.50. The molecule has 7 N–H and O–H groups in total. The lowest BCUT2D eigenvalue weighted by molar-refractivity contribution is -0.134. The highest BCUT2D eigenvalue weighted by Crippen LogP contribution is 2.16. The fraction of sp³-hybridized carbons (Fsp3) is 0.800. The van der Waals surface area contributed by atoms with Crippen LogP contribution >= 0.6 is 0 Å². The molecule has 1 saturated heterocycles. The average Bonchev–Trinajstić information content (AvgIpc) is 2.65. The van der Waals surface area contributed by atoms with Crippen LogP contribution in [0.1, 0.15) is 60.3 Å². The highest BCUT2D eigenvalue weighted by Gasteiger charge is 2.35. The van der Waals surface area contributed by atoms with Crippen LogP contribution in [0.2, 0.25) is 0 Å². The molecule has 10 heteroatoms. The van der Waals surface area contributed by atoms with E-state index in [1.165, 1.54) is 11.8 Å². The van der Waals surface area contributed by atoms with Crippen molar-refractivity contribution >= 4 is 23.7 Å². The molecule has 1 rings (SSSR count). The standard InChI is InChI=1S/C20H38N6O4/c1-6-12(4)16(23-13(5)27)18(29)25-15(10-11(2)3)17(28)24-14-8-7-9-26(19(14)30)20(21)22/h11-12,14-16,19,30H,6-10H2,1-5H3,(H3,21,22)(H,23,27)(H,24,28)(H,25,29)/t12-,14-,15-,16-,19?/m0/s1. The van der Waals surface area contributed by atoms with Crippen molar-refractivity contribution in [1.82, 2.24) is 20.9 Å². The second-order valence-electron chi connectivity index (χ2n) is 8.50. The molecule has 1 heterocycles. The molecule has 0 aromatic rings. The maximum Gasteiger partial charge on any atom is 0.243 e. The minimum absolute atomic E-state index is 0.0963. The van der Waals surface area contributed by atoms with Gasteiger partial charge in [0.2, 0.25) is 17.7 Å². The summed E-state index contributed by atoms with van der Waals surface area (Å²) in [5, 5.41) is 26.3. The van der Waals surface area contributed by atoms with Crippen LogP contribution in [-0.4, -0.2) is 64.6 Å². The van der Waals surface area contributed by atoms with E-state index in [4.69, 9.17) is 11.1 Å². The van der Waals surface area contributed by atoms with Crippen molar-refractivity contribution in [3.05, 3.63) is 0 Å². The van der Waals surface area contributed by atoms with E-state index in [2.05, 4.69) is 16.0 Å². The summed E-state index contributed by atoms with van der Waals surface area (Å²) in [6.45, 7) is 9.48. The van der Waals surface area contributed by atoms with Gasteiger partial charge < -0.3 is 31.7 Å². The Morgan fingerprint density at radius 1 is 1.20 bits per heavy atom. The third-order valence-electron chi connectivity index (χ3n) is 5.42. The van der Waals surface area contributed by atoms with Crippen molar-refractivity contribution in [2.45, 2.75) is 84.7 Å². The molecule has 5 atom stereocenters. The lowest BCUT2D eigenvalue weighted by Crippen LogP contribution is -2.61. The van der Waals surface area contributed by atoms with Crippen molar-refractivity contribution in [1.29, 1.82) is 5.41 Å². The van der Waals surface area contributed by atoms with Crippen molar-refractivity contribution in [2.75, 3.05) is 6.54 Å². The summed E-state index contributed by atoms with van der Waals surface area (Å²) in [5.41, 5.74) is 5.50. The van der Waals surface area contributed by atoms with Crippen LogP contribution in [0.5, 0.6) is 0 Å². The van der Waals surface area contributed by atoms with E-state index in [9.17, 15) is 19.5 Å². The Balaban J connectivity index is 2.91. The molecular weight excluding hydrogens is 388 g/mol. The first-order chi connectivity index (χ1) is 14.0. The molecule has 30 heavy (non-hydrogen) atoms. The molecule has 0 saturated carbocycles. The highest BCUT2D eigenvalue weighted by molar-refractivity contribution is 5.92. The topological polar surface area (TPSA) is 161 Å². The molecule has 1 aliphatic rings. The van der Waals surface area contributed by atoms with Crippen LogP contribution in [0.25, 0.3) is 0 Å². The molecule has 0 spiro atoms. The number of guanidine groups is 1. The van der Waals surface area contributed by atoms with Crippen LogP contribution in [0, 0.1) is 17.2 Å². The van der Waals surface area contributed by atoms with Crippen molar-refractivity contribution in [2.24, 2.45) is 17.6 Å². The van der Waals surface area contributed by atoms with Crippen LogP contribution < -0.4 is 21.7 Å². The van der Waals surface area contributed by atoms with Gasteiger partial charge >= 0.3 is 0 Å². The maximum absolute atomic E-state index is 13.0. The average molecular weight is 427 g/mol. The SMILES string of the molecule is CC[C@H](C)[C@H](NC(C)=O)C(=O)N[C@@H](CC(C)C)C(=O)N[C@H]1CCCN(C(=N)N)C1O. The van der Waals surface area contributed by atoms with Gasteiger partial charge in [0.05, 0.1) is 6.04 Å². The number of carbonyl (C=O) groups excluding carboxylic acids is 3. The largest absolute Gasteiger partial charge is 0.371 e. The van der Waals surface area contributed by atoms with E-state index in [1.54, 1.807) is 0 Å². The minimum atomic E-state index is -1.09. The predicted molar refractivity (Wildman–Crippen MR) is 114 cm³/mol. The normalized spacial score (nSPS) is 22.0. The van der Waals surface area contributed by atoms with Crippen molar-refractivity contribution < 1.29 is 19.5 Å². The van der Waals surface area contributed by atoms with Gasteiger partial charge in [-0.2, -0.15) is 0 Å². The van der Waals surface area contributed by atoms with E-state index in [0.717, 1.165) is 0 Å². The zero-order valence-electron chi connectivity index (χ0n) is 18.7. The predicted octanol–water partition coefficient (Wildman–Crippen LogP) is -0.139. The molecule has 1 unspecified atom stereocenters. The number of rotatable bonds is 9. The van der Waals surface area contributed by atoms with E-state index >= 15 is 0 Å². The highest BCUT2D eigenvalue weighted by atomic mass is 16.3. The Labute approximate surface area is 178 Å². The van der Waals surface area contributed by atoms with Gasteiger partial charge in [-0.3, -0.25) is 19.8 Å². The number of likely N-dealkylation sites (tertiary alicyclic amines) is 1. The van der Waals surface area contributed by atoms with Gasteiger partial charge in [-0.25, -0.2) is 0 Å². The molecule has 0 radical (unpaired) electrons. The number of nitrogens with zero attached hydrogens (tertiary/aromatic N) is 1. The third kappa shape index (κ3) is 7.47. The molecule has 0 bridgehead atoms. The number of nitrogens with one attached hydrogen (secondary N) is 4. The van der Waals surface area contributed by atoms with E-state index < -0.39 is 36.2 Å². The van der Waals surface area contributed by atoms with Gasteiger partial charge in [-0.1, -0.05) is 34.1 Å². The fourth-order valence-electron chi connectivity index (χ4n) is 3.56. The number of aliphatic hydroxyl groups excluding tert-OH is 1. The molecule has 10 nitrogen and oxygen atoms in total. The van der Waals surface area contributed by atoms with Gasteiger partial charge in [0.25, 0.3) is 0 Å². The number of piperidine rings is 1. The maximum atomic E-state index is 13.0.